The van der Waals surface area contributed by atoms with Crippen molar-refractivity contribution in [1.82, 2.24) is 0 Å². The van der Waals surface area contributed by atoms with Crippen molar-refractivity contribution in [3.63, 3.8) is 0 Å². The topological polar surface area (TPSA) is 68.2 Å². The first-order valence-corrected chi connectivity index (χ1v) is 8.57. The van der Waals surface area contributed by atoms with E-state index in [1.165, 1.54) is 0 Å². The van der Waals surface area contributed by atoms with Gasteiger partial charge in [-0.25, -0.2) is 0 Å². The highest BCUT2D eigenvalue weighted by Crippen LogP contribution is 2.57. The van der Waals surface area contributed by atoms with Gasteiger partial charge >= 0.3 is 0 Å². The van der Waals surface area contributed by atoms with Crippen LogP contribution in [0.5, 0.6) is 11.5 Å². The normalized spacial score (nSPS) is 34.9. The smallest absolute Gasteiger partial charge is 0.234 e. The number of rotatable bonds is 0. The molecule has 0 bridgehead atoms. The molecule has 0 radical (unpaired) electrons. The van der Waals surface area contributed by atoms with Crippen LogP contribution in [0.25, 0.3) is 0 Å². The Morgan fingerprint density at radius 3 is 2.72 bits per heavy atom. The molecule has 3 aliphatic heterocycles. The van der Waals surface area contributed by atoms with Crippen molar-refractivity contribution in [3.05, 3.63) is 58.7 Å². The maximum absolute atomic E-state index is 11.2. The molecule has 2 N–H and O–H groups in total. The quantitative estimate of drug-likeness (QED) is 0.772. The van der Waals surface area contributed by atoms with Crippen LogP contribution in [0.1, 0.15) is 35.1 Å². The molecule has 0 unspecified atom stereocenters. The highest BCUT2D eigenvalue weighted by molar-refractivity contribution is 5.50. The van der Waals surface area contributed by atoms with Crippen LogP contribution < -0.4 is 9.47 Å². The molecule has 1 spiro atoms. The van der Waals surface area contributed by atoms with Crippen molar-refractivity contribution >= 4 is 0 Å². The van der Waals surface area contributed by atoms with Crippen LogP contribution >= 0.6 is 0 Å². The Balaban J connectivity index is 1.58. The molecule has 0 aliphatic carbocycles. The minimum Gasteiger partial charge on any atom is -0.461 e. The molecule has 3 aliphatic rings. The standard InChI is InChI=1S/C20H20O5/c1-11-6-7-13-15(10-11)23-17(21)20(13)9-8-19(22)14-5-3-4-12(2)16(14)24-18(19)25-20/h3-7,10,17-18,21-22H,8-9H2,1-2H3/t17-,18-,19+,20-/m0/s1. The molecule has 5 heteroatoms. The zero-order valence-electron chi connectivity index (χ0n) is 14.2. The number of ether oxygens (including phenoxy) is 3. The van der Waals surface area contributed by atoms with E-state index in [1.807, 2.05) is 50.2 Å². The third-order valence-corrected chi connectivity index (χ3v) is 5.72. The van der Waals surface area contributed by atoms with E-state index < -0.39 is 23.8 Å². The first-order chi connectivity index (χ1) is 11.9. The number of hydrogen-bond donors (Lipinski definition) is 2. The summed E-state index contributed by atoms with van der Waals surface area (Å²) in [6, 6.07) is 11.5. The van der Waals surface area contributed by atoms with Crippen LogP contribution in [0, 0.1) is 13.8 Å². The van der Waals surface area contributed by atoms with E-state index in [0.717, 1.165) is 22.3 Å². The molecule has 25 heavy (non-hydrogen) atoms. The molecule has 0 saturated carbocycles. The molecule has 2 aromatic carbocycles. The Labute approximate surface area is 145 Å². The second kappa shape index (κ2) is 4.75. The molecular formula is C20H20O5. The van der Waals surface area contributed by atoms with Crippen LogP contribution in [-0.2, 0) is 15.9 Å². The summed E-state index contributed by atoms with van der Waals surface area (Å²) >= 11 is 0. The molecular weight excluding hydrogens is 320 g/mol. The molecule has 0 amide bonds. The van der Waals surface area contributed by atoms with E-state index in [2.05, 4.69) is 0 Å². The largest absolute Gasteiger partial charge is 0.461 e. The molecule has 5 rings (SSSR count). The van der Waals surface area contributed by atoms with Crippen LogP contribution in [0.3, 0.4) is 0 Å². The highest BCUT2D eigenvalue weighted by atomic mass is 16.7. The zero-order chi connectivity index (χ0) is 17.4. The summed E-state index contributed by atoms with van der Waals surface area (Å²) in [7, 11) is 0. The van der Waals surface area contributed by atoms with E-state index in [0.29, 0.717) is 24.3 Å². The molecule has 1 fully saturated rings. The third-order valence-electron chi connectivity index (χ3n) is 5.72. The summed E-state index contributed by atoms with van der Waals surface area (Å²) < 4.78 is 17.9. The van der Waals surface area contributed by atoms with Crippen molar-refractivity contribution in [1.29, 1.82) is 0 Å². The highest BCUT2D eigenvalue weighted by Gasteiger charge is 2.62. The summed E-state index contributed by atoms with van der Waals surface area (Å²) in [6.45, 7) is 3.92. The van der Waals surface area contributed by atoms with E-state index in [-0.39, 0.29) is 0 Å². The molecule has 3 heterocycles. The van der Waals surface area contributed by atoms with Gasteiger partial charge in [-0.1, -0.05) is 30.3 Å². The fraction of sp³-hybridized carbons (Fsp3) is 0.400. The van der Waals surface area contributed by atoms with Gasteiger partial charge in [0, 0.05) is 11.1 Å². The lowest BCUT2D eigenvalue weighted by atomic mass is 9.78. The lowest BCUT2D eigenvalue weighted by Crippen LogP contribution is -2.55. The monoisotopic (exact) mass is 340 g/mol. The number of hydrogen-bond acceptors (Lipinski definition) is 5. The Morgan fingerprint density at radius 1 is 1.04 bits per heavy atom. The van der Waals surface area contributed by atoms with Gasteiger partial charge in [0.25, 0.3) is 0 Å². The predicted octanol–water partition coefficient (Wildman–Crippen LogP) is 2.63. The Kier molecular flexibility index (Phi) is 2.89. The Morgan fingerprint density at radius 2 is 1.88 bits per heavy atom. The van der Waals surface area contributed by atoms with Crippen LogP contribution in [0.4, 0.5) is 0 Å². The van der Waals surface area contributed by atoms with E-state index >= 15 is 0 Å². The lowest BCUT2D eigenvalue weighted by Gasteiger charge is -2.43. The van der Waals surface area contributed by atoms with Crippen molar-refractivity contribution < 1.29 is 24.4 Å². The molecule has 2 aromatic rings. The summed E-state index contributed by atoms with van der Waals surface area (Å²) in [5.41, 5.74) is 1.34. The summed E-state index contributed by atoms with van der Waals surface area (Å²) in [5.74, 6) is 1.30. The molecule has 4 atom stereocenters. The third kappa shape index (κ3) is 1.83. The SMILES string of the molecule is Cc1ccc2c(c1)O[C@H](O)[C@]21CC[C@@]2(O)c3cccc(C)c3O[C@H]2O1. The Hall–Kier alpha value is -2.08. The van der Waals surface area contributed by atoms with Gasteiger partial charge in [-0.2, -0.15) is 0 Å². The number of aliphatic hydroxyl groups is 2. The van der Waals surface area contributed by atoms with E-state index in [9.17, 15) is 10.2 Å². The van der Waals surface area contributed by atoms with Crippen molar-refractivity contribution in [2.75, 3.05) is 0 Å². The van der Waals surface area contributed by atoms with Gasteiger partial charge < -0.3 is 24.4 Å². The fourth-order valence-corrected chi connectivity index (χ4v) is 4.29. The molecule has 0 aromatic heterocycles. The van der Waals surface area contributed by atoms with Gasteiger partial charge in [-0.15, -0.1) is 0 Å². The van der Waals surface area contributed by atoms with E-state index in [4.69, 9.17) is 14.2 Å². The van der Waals surface area contributed by atoms with Crippen LogP contribution in [0.15, 0.2) is 36.4 Å². The maximum Gasteiger partial charge on any atom is 0.234 e. The van der Waals surface area contributed by atoms with Crippen molar-refractivity contribution in [2.24, 2.45) is 0 Å². The first-order valence-electron chi connectivity index (χ1n) is 8.57. The van der Waals surface area contributed by atoms with Crippen molar-refractivity contribution in [3.8, 4) is 11.5 Å². The average Bonchev–Trinajstić information content (AvgIpc) is 3.01. The minimum absolute atomic E-state index is 0.419. The number of benzene rings is 2. The van der Waals surface area contributed by atoms with Gasteiger partial charge in [0.1, 0.15) is 11.5 Å². The van der Waals surface area contributed by atoms with Gasteiger partial charge in [0.15, 0.2) is 11.2 Å². The number of fused-ring (bicyclic) bond motifs is 5. The molecule has 5 nitrogen and oxygen atoms in total. The number of para-hydroxylation sites is 1. The molecule has 130 valence electrons. The zero-order valence-corrected chi connectivity index (χ0v) is 14.2. The van der Waals surface area contributed by atoms with E-state index in [1.54, 1.807) is 0 Å². The van der Waals surface area contributed by atoms with Crippen molar-refractivity contribution in [2.45, 2.75) is 50.5 Å². The lowest BCUT2D eigenvalue weighted by molar-refractivity contribution is -0.315. The second-order valence-corrected chi connectivity index (χ2v) is 7.30. The van der Waals surface area contributed by atoms with Gasteiger partial charge in [-0.3, -0.25) is 0 Å². The van der Waals surface area contributed by atoms with Gasteiger partial charge in [-0.05, 0) is 43.9 Å². The molecule has 1 saturated heterocycles. The minimum atomic E-state index is -1.21. The number of aliphatic hydroxyl groups excluding tert-OH is 1. The van der Waals surface area contributed by atoms with Gasteiger partial charge in [0.2, 0.25) is 12.6 Å². The first kappa shape index (κ1) is 15.2. The van der Waals surface area contributed by atoms with Crippen LogP contribution in [0.2, 0.25) is 0 Å². The Bertz CT molecular complexity index is 878. The predicted molar refractivity (Wildman–Crippen MR) is 89.3 cm³/mol. The summed E-state index contributed by atoms with van der Waals surface area (Å²) in [6.07, 6.45) is -1.14. The summed E-state index contributed by atoms with van der Waals surface area (Å²) in [4.78, 5) is 0. The average molecular weight is 340 g/mol. The number of aryl methyl sites for hydroxylation is 2. The second-order valence-electron chi connectivity index (χ2n) is 7.30. The van der Waals surface area contributed by atoms with Crippen LogP contribution in [-0.4, -0.2) is 22.8 Å². The fourth-order valence-electron chi connectivity index (χ4n) is 4.29. The summed E-state index contributed by atoms with van der Waals surface area (Å²) in [5, 5.41) is 21.8. The maximum atomic E-state index is 11.2. The van der Waals surface area contributed by atoms with Gasteiger partial charge in [0.05, 0.1) is 0 Å².